The highest BCUT2D eigenvalue weighted by Crippen LogP contribution is 2.30. The maximum Gasteiger partial charge on any atom is 0.0867 e. The molecule has 6 nitrogen and oxygen atoms in total. The van der Waals surface area contributed by atoms with Gasteiger partial charge in [-0.15, -0.1) is 5.10 Å². The van der Waals surface area contributed by atoms with E-state index >= 15 is 0 Å². The third kappa shape index (κ3) is 3.17. The van der Waals surface area contributed by atoms with Crippen molar-refractivity contribution in [1.29, 1.82) is 0 Å². The summed E-state index contributed by atoms with van der Waals surface area (Å²) in [5.41, 5.74) is 8.08. The number of aryl methyl sites for hydroxylation is 1. The van der Waals surface area contributed by atoms with E-state index in [2.05, 4.69) is 21.6 Å². The second kappa shape index (κ2) is 7.12. The van der Waals surface area contributed by atoms with Gasteiger partial charge in [-0.25, -0.2) is 0 Å². The average Bonchev–Trinajstić information content (AvgIpc) is 3.03. The Morgan fingerprint density at radius 3 is 3.05 bits per heavy atom. The topological polar surface area (TPSA) is 78.9 Å². The number of halogens is 1. The summed E-state index contributed by atoms with van der Waals surface area (Å²) < 4.78 is 10.9. The van der Waals surface area contributed by atoms with Crippen LogP contribution in [0.15, 0.2) is 6.20 Å². The van der Waals surface area contributed by atoms with E-state index in [1.807, 2.05) is 0 Å². The molecule has 0 aromatic carbocycles. The van der Waals surface area contributed by atoms with E-state index in [9.17, 15) is 0 Å². The first-order valence-corrected chi connectivity index (χ1v) is 7.61. The van der Waals surface area contributed by atoms with E-state index in [4.69, 9.17) is 22.1 Å². The first kappa shape index (κ1) is 15.4. The highest BCUT2D eigenvalue weighted by Gasteiger charge is 2.23. The van der Waals surface area contributed by atoms with Crippen molar-refractivity contribution in [3.8, 4) is 0 Å². The van der Waals surface area contributed by atoms with Crippen LogP contribution in [0, 0.1) is 0 Å². The number of hydrogen-bond acceptors (Lipinski definition) is 6. The largest absolute Gasteiger partial charge is 0.383 e. The lowest BCUT2D eigenvalue weighted by molar-refractivity contribution is 0.182. The van der Waals surface area contributed by atoms with Crippen LogP contribution in [0.1, 0.15) is 35.7 Å². The molecule has 0 aliphatic carbocycles. The molecule has 0 aliphatic heterocycles. The maximum absolute atomic E-state index is 6.35. The molecule has 2 rings (SSSR count). The zero-order chi connectivity index (χ0) is 14.5. The van der Waals surface area contributed by atoms with Crippen LogP contribution in [0.3, 0.4) is 0 Å². The molecule has 20 heavy (non-hydrogen) atoms. The molecule has 0 amide bonds. The summed E-state index contributed by atoms with van der Waals surface area (Å²) in [6.45, 7) is 3.27. The summed E-state index contributed by atoms with van der Waals surface area (Å²) >= 11 is 7.54. The molecule has 1 unspecified atom stereocenters. The van der Waals surface area contributed by atoms with Crippen molar-refractivity contribution in [3.63, 3.8) is 0 Å². The van der Waals surface area contributed by atoms with Crippen LogP contribution in [0.25, 0.3) is 0 Å². The molecular formula is C12H18ClN5OS. The van der Waals surface area contributed by atoms with Gasteiger partial charge >= 0.3 is 0 Å². The second-order valence-electron chi connectivity index (χ2n) is 4.41. The summed E-state index contributed by atoms with van der Waals surface area (Å²) in [5.74, 6) is 0. The molecule has 2 heterocycles. The number of nitrogens with two attached hydrogens (primary N) is 1. The quantitative estimate of drug-likeness (QED) is 0.845. The van der Waals surface area contributed by atoms with Crippen molar-refractivity contribution in [3.05, 3.63) is 27.5 Å². The van der Waals surface area contributed by atoms with E-state index in [1.54, 1.807) is 18.0 Å². The van der Waals surface area contributed by atoms with E-state index in [0.29, 0.717) is 18.2 Å². The Hall–Kier alpha value is -1.02. The fraction of sp³-hybridized carbons (Fsp3) is 0.583. The third-order valence-corrected chi connectivity index (χ3v) is 4.13. The van der Waals surface area contributed by atoms with E-state index < -0.39 is 0 Å². The van der Waals surface area contributed by atoms with Gasteiger partial charge in [0.05, 0.1) is 46.7 Å². The van der Waals surface area contributed by atoms with Crippen molar-refractivity contribution in [2.24, 2.45) is 5.73 Å². The molecule has 0 fully saturated rings. The Kier molecular flexibility index (Phi) is 5.47. The number of nitrogens with zero attached hydrogens (tertiary/aromatic N) is 4. The highest BCUT2D eigenvalue weighted by atomic mass is 35.5. The van der Waals surface area contributed by atoms with Crippen molar-refractivity contribution in [2.45, 2.75) is 32.4 Å². The van der Waals surface area contributed by atoms with Crippen LogP contribution in [0.5, 0.6) is 0 Å². The van der Waals surface area contributed by atoms with Crippen molar-refractivity contribution in [2.75, 3.05) is 13.7 Å². The minimum absolute atomic E-state index is 0.358. The summed E-state index contributed by atoms with van der Waals surface area (Å²) in [6.07, 6.45) is 3.48. The van der Waals surface area contributed by atoms with Gasteiger partial charge in [-0.3, -0.25) is 4.68 Å². The molecular weight excluding hydrogens is 298 g/mol. The Bertz CT molecular complexity index is 556. The van der Waals surface area contributed by atoms with E-state index in [1.165, 1.54) is 11.5 Å². The number of ether oxygens (including phenoxy) is 1. The summed E-state index contributed by atoms with van der Waals surface area (Å²) in [7, 11) is 1.65. The summed E-state index contributed by atoms with van der Waals surface area (Å²) in [4.78, 5) is 0.952. The van der Waals surface area contributed by atoms with Crippen LogP contribution >= 0.6 is 23.1 Å². The second-order valence-corrected chi connectivity index (χ2v) is 5.60. The van der Waals surface area contributed by atoms with Crippen molar-refractivity contribution >= 4 is 23.1 Å². The van der Waals surface area contributed by atoms with Crippen LogP contribution < -0.4 is 5.73 Å². The smallest absolute Gasteiger partial charge is 0.0867 e. The van der Waals surface area contributed by atoms with Gasteiger partial charge in [-0.1, -0.05) is 29.4 Å². The number of methoxy groups -OCH3 is 1. The molecule has 2 aromatic heterocycles. The zero-order valence-electron chi connectivity index (χ0n) is 11.5. The zero-order valence-corrected chi connectivity index (χ0v) is 13.1. The predicted molar refractivity (Wildman–Crippen MR) is 79.0 cm³/mol. The molecule has 8 heteroatoms. The molecule has 0 spiro atoms. The fourth-order valence-corrected chi connectivity index (χ4v) is 2.98. The molecule has 0 aliphatic rings. The lowest BCUT2D eigenvalue weighted by Crippen LogP contribution is -2.19. The normalized spacial score (nSPS) is 12.8. The number of aromatic nitrogens is 4. The lowest BCUT2D eigenvalue weighted by Gasteiger charge is -2.14. The van der Waals surface area contributed by atoms with Gasteiger partial charge in [0, 0.05) is 7.11 Å². The molecule has 1 atom stereocenters. The lowest BCUT2D eigenvalue weighted by atomic mass is 10.1. The van der Waals surface area contributed by atoms with Gasteiger partial charge < -0.3 is 10.5 Å². The predicted octanol–water partition coefficient (Wildman–Crippen LogP) is 2.04. The minimum atomic E-state index is -0.358. The first-order chi connectivity index (χ1) is 9.69. The van der Waals surface area contributed by atoms with Gasteiger partial charge in [0.2, 0.25) is 0 Å². The van der Waals surface area contributed by atoms with Crippen molar-refractivity contribution in [1.82, 2.24) is 19.4 Å². The van der Waals surface area contributed by atoms with E-state index in [0.717, 1.165) is 29.1 Å². The summed E-state index contributed by atoms with van der Waals surface area (Å²) in [6, 6.07) is -0.358. The Labute approximate surface area is 127 Å². The van der Waals surface area contributed by atoms with Crippen LogP contribution in [0.2, 0.25) is 5.02 Å². The van der Waals surface area contributed by atoms with Gasteiger partial charge in [-0.2, -0.15) is 5.10 Å². The van der Waals surface area contributed by atoms with Crippen molar-refractivity contribution < 1.29 is 4.74 Å². The number of rotatable bonds is 7. The molecule has 0 radical (unpaired) electrons. The minimum Gasteiger partial charge on any atom is -0.383 e. The van der Waals surface area contributed by atoms with Gasteiger partial charge in [-0.05, 0) is 18.0 Å². The number of hydrogen-bond donors (Lipinski definition) is 1. The van der Waals surface area contributed by atoms with Gasteiger partial charge in [0.25, 0.3) is 0 Å². The SMILES string of the molecule is CCCc1nnsc1C(N)c1c(Cl)cnn1CCOC. The van der Waals surface area contributed by atoms with Gasteiger partial charge in [0.1, 0.15) is 0 Å². The Morgan fingerprint density at radius 1 is 1.55 bits per heavy atom. The molecule has 110 valence electrons. The Morgan fingerprint density at radius 2 is 2.35 bits per heavy atom. The van der Waals surface area contributed by atoms with Crippen LogP contribution in [-0.4, -0.2) is 33.1 Å². The third-order valence-electron chi connectivity index (χ3n) is 2.99. The average molecular weight is 316 g/mol. The molecule has 0 bridgehead atoms. The molecule has 2 aromatic rings. The Balaban J connectivity index is 2.30. The summed E-state index contributed by atoms with van der Waals surface area (Å²) in [5, 5.41) is 8.96. The standard InChI is InChI=1S/C12H18ClN5OS/c1-3-4-9-12(20-17-16-9)10(14)11-8(13)7-15-18(11)5-6-19-2/h7,10H,3-6,14H2,1-2H3. The molecule has 2 N–H and O–H groups in total. The first-order valence-electron chi connectivity index (χ1n) is 6.45. The van der Waals surface area contributed by atoms with Gasteiger partial charge in [0.15, 0.2) is 0 Å². The monoisotopic (exact) mass is 315 g/mol. The highest BCUT2D eigenvalue weighted by molar-refractivity contribution is 7.05. The molecule has 0 saturated carbocycles. The van der Waals surface area contributed by atoms with Crippen LogP contribution in [0.4, 0.5) is 0 Å². The molecule has 0 saturated heterocycles. The maximum atomic E-state index is 6.35. The van der Waals surface area contributed by atoms with E-state index in [-0.39, 0.29) is 6.04 Å². The fourth-order valence-electron chi connectivity index (χ4n) is 2.02. The van der Waals surface area contributed by atoms with Crippen LogP contribution in [-0.2, 0) is 17.7 Å².